The second-order valence-corrected chi connectivity index (χ2v) is 7.33. The van der Waals surface area contributed by atoms with Crippen molar-refractivity contribution in [2.75, 3.05) is 12.3 Å². The van der Waals surface area contributed by atoms with Gasteiger partial charge in [-0.1, -0.05) is 0 Å². The van der Waals surface area contributed by atoms with Crippen LogP contribution in [0, 0.1) is 0 Å². The summed E-state index contributed by atoms with van der Waals surface area (Å²) in [6, 6.07) is -5.08. The van der Waals surface area contributed by atoms with Gasteiger partial charge in [-0.2, -0.15) is 12.6 Å². The van der Waals surface area contributed by atoms with Crippen LogP contribution in [-0.4, -0.2) is 92.3 Å². The molecular formula is C17H26N4O9S. The fourth-order valence-corrected chi connectivity index (χ4v) is 3.20. The number of likely N-dealkylation sites (tertiary alicyclic amines) is 1. The van der Waals surface area contributed by atoms with Gasteiger partial charge in [0.15, 0.2) is 0 Å². The van der Waals surface area contributed by atoms with Crippen LogP contribution in [0.1, 0.15) is 32.1 Å². The number of nitrogens with one attached hydrogen (secondary N) is 2. The largest absolute Gasteiger partial charge is 0.481 e. The Labute approximate surface area is 182 Å². The van der Waals surface area contributed by atoms with E-state index in [0.29, 0.717) is 12.8 Å². The van der Waals surface area contributed by atoms with Gasteiger partial charge in [0.05, 0.1) is 12.5 Å². The second-order valence-electron chi connectivity index (χ2n) is 6.97. The zero-order chi connectivity index (χ0) is 23.7. The van der Waals surface area contributed by atoms with Crippen molar-refractivity contribution in [2.45, 2.75) is 56.3 Å². The van der Waals surface area contributed by atoms with E-state index in [4.69, 9.17) is 21.1 Å². The number of amides is 3. The molecular weight excluding hydrogens is 436 g/mol. The lowest BCUT2D eigenvalue weighted by Crippen LogP contribution is -2.57. The van der Waals surface area contributed by atoms with Crippen molar-refractivity contribution in [3.8, 4) is 0 Å². The lowest BCUT2D eigenvalue weighted by molar-refractivity contribution is -0.147. The van der Waals surface area contributed by atoms with Gasteiger partial charge in [-0.15, -0.1) is 0 Å². The van der Waals surface area contributed by atoms with Crippen LogP contribution in [0.2, 0.25) is 0 Å². The number of nitrogens with zero attached hydrogens (tertiary/aromatic N) is 1. The summed E-state index contributed by atoms with van der Waals surface area (Å²) in [5.74, 6) is -6.55. The van der Waals surface area contributed by atoms with Gasteiger partial charge in [0.25, 0.3) is 0 Å². The molecule has 31 heavy (non-hydrogen) atoms. The Balaban J connectivity index is 2.94. The van der Waals surface area contributed by atoms with Gasteiger partial charge in [0.2, 0.25) is 17.7 Å². The number of carbonyl (C=O) groups excluding carboxylic acids is 3. The number of carbonyl (C=O) groups is 6. The first-order chi connectivity index (χ1) is 14.5. The first-order valence-corrected chi connectivity index (χ1v) is 10.0. The van der Waals surface area contributed by atoms with Crippen molar-refractivity contribution in [2.24, 2.45) is 5.73 Å². The van der Waals surface area contributed by atoms with Crippen LogP contribution in [-0.2, 0) is 28.8 Å². The zero-order valence-corrected chi connectivity index (χ0v) is 17.4. The Morgan fingerprint density at radius 3 is 2.19 bits per heavy atom. The molecule has 0 aliphatic carbocycles. The number of aliphatic carboxylic acids is 3. The maximum atomic E-state index is 12.7. The van der Waals surface area contributed by atoms with Crippen LogP contribution in [0.25, 0.3) is 0 Å². The van der Waals surface area contributed by atoms with E-state index >= 15 is 0 Å². The molecule has 4 unspecified atom stereocenters. The highest BCUT2D eigenvalue weighted by Gasteiger charge is 2.37. The van der Waals surface area contributed by atoms with Gasteiger partial charge in [0.1, 0.15) is 18.1 Å². The minimum Gasteiger partial charge on any atom is -0.481 e. The molecule has 1 aliphatic rings. The van der Waals surface area contributed by atoms with Crippen molar-refractivity contribution in [3.05, 3.63) is 0 Å². The van der Waals surface area contributed by atoms with E-state index in [1.54, 1.807) is 0 Å². The average Bonchev–Trinajstić information content (AvgIpc) is 3.18. The number of carboxylic acid groups (broad SMARTS) is 3. The Morgan fingerprint density at radius 1 is 1.03 bits per heavy atom. The van der Waals surface area contributed by atoms with Gasteiger partial charge in [-0.05, 0) is 19.3 Å². The number of thiol groups is 1. The minimum absolute atomic E-state index is 0.0630. The Kier molecular flexibility index (Phi) is 10.2. The van der Waals surface area contributed by atoms with Gasteiger partial charge in [0, 0.05) is 18.7 Å². The van der Waals surface area contributed by atoms with Crippen LogP contribution in [0.4, 0.5) is 0 Å². The number of carboxylic acids is 3. The third kappa shape index (κ3) is 8.05. The number of nitrogens with two attached hydrogens (primary N) is 1. The number of hydrogen-bond donors (Lipinski definition) is 7. The molecule has 1 fully saturated rings. The molecule has 7 N–H and O–H groups in total. The second kappa shape index (κ2) is 12.1. The topological polar surface area (TPSA) is 216 Å². The molecule has 14 heteroatoms. The summed E-state index contributed by atoms with van der Waals surface area (Å²) in [7, 11) is 0. The summed E-state index contributed by atoms with van der Waals surface area (Å²) in [6.45, 7) is 0.268. The highest BCUT2D eigenvalue weighted by Crippen LogP contribution is 2.19. The lowest BCUT2D eigenvalue weighted by atomic mass is 10.1. The predicted octanol–water partition coefficient (Wildman–Crippen LogP) is -2.37. The molecule has 3 amide bonds. The number of hydrogen-bond acceptors (Lipinski definition) is 8. The first-order valence-electron chi connectivity index (χ1n) is 9.42. The fraction of sp³-hybridized carbons (Fsp3) is 0.647. The van der Waals surface area contributed by atoms with E-state index in [9.17, 15) is 28.8 Å². The van der Waals surface area contributed by atoms with E-state index in [-0.39, 0.29) is 18.7 Å². The highest BCUT2D eigenvalue weighted by molar-refractivity contribution is 7.80. The summed E-state index contributed by atoms with van der Waals surface area (Å²) < 4.78 is 0. The van der Waals surface area contributed by atoms with Crippen LogP contribution in [0.5, 0.6) is 0 Å². The van der Waals surface area contributed by atoms with Crippen LogP contribution in [0.3, 0.4) is 0 Å². The van der Waals surface area contributed by atoms with Gasteiger partial charge in [-0.25, -0.2) is 4.79 Å². The van der Waals surface area contributed by atoms with Crippen molar-refractivity contribution < 1.29 is 44.1 Å². The van der Waals surface area contributed by atoms with E-state index in [1.165, 1.54) is 4.90 Å². The summed E-state index contributed by atoms with van der Waals surface area (Å²) in [4.78, 5) is 71.7. The van der Waals surface area contributed by atoms with Crippen LogP contribution >= 0.6 is 12.6 Å². The minimum atomic E-state index is -1.77. The smallest absolute Gasteiger partial charge is 0.326 e. The lowest BCUT2D eigenvalue weighted by Gasteiger charge is -2.28. The third-order valence-corrected chi connectivity index (χ3v) is 5.02. The summed E-state index contributed by atoms with van der Waals surface area (Å²) in [5.41, 5.74) is 5.68. The summed E-state index contributed by atoms with van der Waals surface area (Å²) in [5, 5.41) is 31.1. The maximum absolute atomic E-state index is 12.7. The van der Waals surface area contributed by atoms with E-state index in [2.05, 4.69) is 17.9 Å². The first kappa shape index (κ1) is 26.2. The quantitative estimate of drug-likeness (QED) is 0.153. The van der Waals surface area contributed by atoms with Crippen molar-refractivity contribution in [1.29, 1.82) is 0 Å². The van der Waals surface area contributed by atoms with Gasteiger partial charge in [-0.3, -0.25) is 24.0 Å². The van der Waals surface area contributed by atoms with E-state index in [1.807, 2.05) is 5.32 Å². The molecule has 0 aromatic heterocycles. The molecule has 174 valence electrons. The molecule has 1 saturated heterocycles. The normalized spacial score (nSPS) is 18.5. The molecule has 0 saturated carbocycles. The molecule has 1 aliphatic heterocycles. The molecule has 0 aromatic carbocycles. The monoisotopic (exact) mass is 462 g/mol. The highest BCUT2D eigenvalue weighted by atomic mass is 32.1. The molecule has 0 spiro atoms. The van der Waals surface area contributed by atoms with Gasteiger partial charge >= 0.3 is 17.9 Å². The van der Waals surface area contributed by atoms with Crippen LogP contribution in [0.15, 0.2) is 0 Å². The fourth-order valence-electron chi connectivity index (χ4n) is 3.05. The van der Waals surface area contributed by atoms with E-state index < -0.39 is 72.6 Å². The maximum Gasteiger partial charge on any atom is 0.326 e. The predicted molar refractivity (Wildman–Crippen MR) is 107 cm³/mol. The Hall–Kier alpha value is -2.87. The molecule has 0 bridgehead atoms. The molecule has 0 radical (unpaired) electrons. The Morgan fingerprint density at radius 2 is 1.68 bits per heavy atom. The summed E-state index contributed by atoms with van der Waals surface area (Å²) in [6.07, 6.45) is -1.00. The molecule has 1 heterocycles. The molecule has 13 nitrogen and oxygen atoms in total. The number of rotatable bonds is 12. The third-order valence-electron chi connectivity index (χ3n) is 4.63. The van der Waals surface area contributed by atoms with Crippen molar-refractivity contribution >= 4 is 48.3 Å². The van der Waals surface area contributed by atoms with Gasteiger partial charge < -0.3 is 36.6 Å². The molecule has 1 rings (SSSR count). The van der Waals surface area contributed by atoms with E-state index in [0.717, 1.165) is 0 Å². The standard InChI is InChI=1S/C17H26N4O9S/c18-8(7-31)16(28)21-5-1-2-11(21)15(27)19-9(3-4-12(22)23)14(26)20-10(17(29)30)6-13(24)25/h8-11,31H,1-7,18H2,(H,19,27)(H,20,26)(H,22,23)(H,24,25)(H,29,30). The summed E-state index contributed by atoms with van der Waals surface area (Å²) >= 11 is 3.96. The van der Waals surface area contributed by atoms with Crippen LogP contribution < -0.4 is 16.4 Å². The molecule has 0 aromatic rings. The van der Waals surface area contributed by atoms with Crippen molar-refractivity contribution in [3.63, 3.8) is 0 Å². The zero-order valence-electron chi connectivity index (χ0n) is 16.5. The SMILES string of the molecule is NC(CS)C(=O)N1CCCC1C(=O)NC(CCC(=O)O)C(=O)NC(CC(=O)O)C(=O)O. The average molecular weight is 462 g/mol. The molecule has 4 atom stereocenters. The Bertz CT molecular complexity index is 732. The van der Waals surface area contributed by atoms with Crippen molar-refractivity contribution in [1.82, 2.24) is 15.5 Å².